The lowest BCUT2D eigenvalue weighted by atomic mass is 10.3. The molecule has 1 aromatic carbocycles. The van der Waals surface area contributed by atoms with Crippen molar-refractivity contribution < 1.29 is 14.3 Å². The summed E-state index contributed by atoms with van der Waals surface area (Å²) >= 11 is 20.8. The van der Waals surface area contributed by atoms with E-state index in [0.717, 1.165) is 0 Å². The molecule has 0 aromatic heterocycles. The molecule has 0 aliphatic heterocycles. The van der Waals surface area contributed by atoms with Crippen molar-refractivity contribution in [2.45, 2.75) is 3.79 Å². The number of nitrogens with one attached hydrogen (secondary N) is 2. The van der Waals surface area contributed by atoms with E-state index in [-0.39, 0.29) is 17.7 Å². The second kappa shape index (κ2) is 8.38. The molecule has 1 rings (SSSR count). The van der Waals surface area contributed by atoms with Crippen LogP contribution in [0.3, 0.4) is 0 Å². The van der Waals surface area contributed by atoms with E-state index < -0.39 is 9.70 Å². The van der Waals surface area contributed by atoms with Crippen LogP contribution < -0.4 is 15.8 Å². The summed E-state index contributed by atoms with van der Waals surface area (Å²) in [7, 11) is 1.60. The first-order valence-corrected chi connectivity index (χ1v) is 7.37. The highest BCUT2D eigenvalue weighted by molar-refractivity contribution is 7.80. The van der Waals surface area contributed by atoms with Crippen LogP contribution in [0.5, 0.6) is 0 Å². The third-order valence-electron chi connectivity index (χ3n) is 2.38. The number of halogens is 3. The molecule has 0 aliphatic rings. The Morgan fingerprint density at radius 3 is 2.36 bits per heavy atom. The zero-order valence-corrected chi connectivity index (χ0v) is 14.4. The number of thiocarbonyl (C=S) groups is 1. The van der Waals surface area contributed by atoms with E-state index in [0.29, 0.717) is 5.69 Å². The maximum absolute atomic E-state index is 11.9. The van der Waals surface area contributed by atoms with Crippen molar-refractivity contribution in [3.8, 4) is 0 Å². The number of anilines is 1. The van der Waals surface area contributed by atoms with Crippen LogP contribution in [0.4, 0.5) is 5.69 Å². The number of likely N-dealkylation sites (N-methyl/N-ethyl adjacent to an activating group) is 1. The molecule has 120 valence electrons. The number of rotatable bonds is 3. The fourth-order valence-electron chi connectivity index (χ4n) is 1.23. The lowest BCUT2D eigenvalue weighted by Gasteiger charge is -2.18. The van der Waals surface area contributed by atoms with E-state index in [4.69, 9.17) is 51.8 Å². The smallest absolute Gasteiger partial charge is 0.290 e. The number of carbonyl (C=O) groups is 2. The number of hydrogen-bond acceptors (Lipinski definition) is 4. The Bertz CT molecular complexity index is 552. The van der Waals surface area contributed by atoms with Crippen LogP contribution in [0.15, 0.2) is 30.3 Å². The van der Waals surface area contributed by atoms with Crippen molar-refractivity contribution in [2.75, 3.05) is 18.6 Å². The first kappa shape index (κ1) is 18.8. The van der Waals surface area contributed by atoms with Gasteiger partial charge in [0.25, 0.3) is 20.8 Å². The molecule has 0 unspecified atom stereocenters. The zero-order valence-electron chi connectivity index (χ0n) is 11.3. The van der Waals surface area contributed by atoms with Gasteiger partial charge >= 0.3 is 0 Å². The van der Waals surface area contributed by atoms with Crippen LogP contribution >= 0.6 is 47.0 Å². The molecule has 1 aromatic rings. The Hall–Kier alpha value is -1.28. The van der Waals surface area contributed by atoms with Crippen molar-refractivity contribution in [1.82, 2.24) is 10.9 Å². The van der Waals surface area contributed by atoms with Gasteiger partial charge in [-0.25, -0.2) is 0 Å². The van der Waals surface area contributed by atoms with Crippen molar-refractivity contribution in [1.29, 1.82) is 0 Å². The molecule has 0 radical (unpaired) electrons. The molecule has 0 fully saturated rings. The lowest BCUT2D eigenvalue weighted by molar-refractivity contribution is -0.120. The van der Waals surface area contributed by atoms with Crippen molar-refractivity contribution in [2.24, 2.45) is 0 Å². The fraction of sp³-hybridized carbons (Fsp3) is 0.250. The quantitative estimate of drug-likeness (QED) is 0.473. The molecule has 2 amide bonds. The number of carbonyl (C=O) groups excluding carboxylic acids is 2. The molecule has 0 atom stereocenters. The minimum atomic E-state index is -2.13. The monoisotopic (exact) mass is 383 g/mol. The maximum atomic E-state index is 11.9. The standard InChI is InChI=1S/C12H12Cl3N3O3S/c1-18(8-5-3-2-4-6-8)9(19)7-21-11(22)17-16-10(20)12(13,14)15/h2-6H,7H2,1H3,(H,16,20)(H,17,22). The Morgan fingerprint density at radius 2 is 1.82 bits per heavy atom. The van der Waals surface area contributed by atoms with Crippen LogP contribution in [-0.2, 0) is 14.3 Å². The maximum Gasteiger partial charge on any atom is 0.290 e. The van der Waals surface area contributed by atoms with Gasteiger partial charge in [-0.2, -0.15) is 0 Å². The first-order chi connectivity index (χ1) is 10.2. The number of para-hydroxylation sites is 1. The van der Waals surface area contributed by atoms with Gasteiger partial charge in [0.15, 0.2) is 6.61 Å². The summed E-state index contributed by atoms with van der Waals surface area (Å²) in [6.45, 7) is -0.319. The van der Waals surface area contributed by atoms with Gasteiger partial charge in [0, 0.05) is 12.7 Å². The molecule has 2 N–H and O–H groups in total. The van der Waals surface area contributed by atoms with Gasteiger partial charge in [0.2, 0.25) is 0 Å². The SMILES string of the molecule is CN(C(=O)COC(=S)NNC(=O)C(Cl)(Cl)Cl)c1ccccc1. The van der Waals surface area contributed by atoms with Crippen molar-refractivity contribution in [3.63, 3.8) is 0 Å². The van der Waals surface area contributed by atoms with E-state index in [9.17, 15) is 9.59 Å². The van der Waals surface area contributed by atoms with Gasteiger partial charge in [-0.15, -0.1) is 0 Å². The van der Waals surface area contributed by atoms with Crippen LogP contribution in [0.1, 0.15) is 0 Å². The Morgan fingerprint density at radius 1 is 1.23 bits per heavy atom. The molecule has 0 saturated heterocycles. The molecule has 0 spiro atoms. The normalized spacial score (nSPS) is 10.5. The molecule has 0 bridgehead atoms. The molecule has 22 heavy (non-hydrogen) atoms. The van der Waals surface area contributed by atoms with Gasteiger partial charge in [0.05, 0.1) is 0 Å². The summed E-state index contributed by atoms with van der Waals surface area (Å²) in [6, 6.07) is 8.99. The van der Waals surface area contributed by atoms with Gasteiger partial charge < -0.3 is 9.64 Å². The van der Waals surface area contributed by atoms with E-state index in [2.05, 4.69) is 5.43 Å². The van der Waals surface area contributed by atoms with Crippen LogP contribution in [0.25, 0.3) is 0 Å². The second-order valence-corrected chi connectivity index (χ2v) is 6.59. The van der Waals surface area contributed by atoms with Crippen LogP contribution in [-0.4, -0.2) is 34.4 Å². The van der Waals surface area contributed by atoms with Gasteiger partial charge in [-0.1, -0.05) is 53.0 Å². The highest BCUT2D eigenvalue weighted by atomic mass is 35.6. The average molecular weight is 385 g/mol. The Labute approximate surface area is 147 Å². The number of nitrogens with zero attached hydrogens (tertiary/aromatic N) is 1. The summed E-state index contributed by atoms with van der Waals surface area (Å²) in [6.07, 6.45) is 0. The average Bonchev–Trinajstić information content (AvgIpc) is 2.49. The largest absolute Gasteiger partial charge is 0.460 e. The lowest BCUT2D eigenvalue weighted by Crippen LogP contribution is -2.47. The number of ether oxygens (including phenoxy) is 1. The number of alkyl halides is 3. The van der Waals surface area contributed by atoms with Gasteiger partial charge in [-0.3, -0.25) is 20.4 Å². The minimum absolute atomic E-state index is 0.239. The highest BCUT2D eigenvalue weighted by Gasteiger charge is 2.30. The Balaban J connectivity index is 2.38. The number of hydrogen-bond donors (Lipinski definition) is 2. The minimum Gasteiger partial charge on any atom is -0.460 e. The predicted octanol–water partition coefficient (Wildman–Crippen LogP) is 1.94. The third kappa shape index (κ3) is 6.23. The van der Waals surface area contributed by atoms with Gasteiger partial charge in [0.1, 0.15) is 0 Å². The van der Waals surface area contributed by atoms with Crippen LogP contribution in [0, 0.1) is 0 Å². The summed E-state index contributed by atoms with van der Waals surface area (Å²) < 4.78 is 2.86. The second-order valence-electron chi connectivity index (χ2n) is 3.94. The molecule has 0 heterocycles. The third-order valence-corrected chi connectivity index (χ3v) is 3.11. The van der Waals surface area contributed by atoms with Crippen molar-refractivity contribution >= 4 is 69.7 Å². The predicted molar refractivity (Wildman–Crippen MR) is 90.0 cm³/mol. The molecule has 10 heteroatoms. The summed E-state index contributed by atoms with van der Waals surface area (Å²) in [4.78, 5) is 24.6. The summed E-state index contributed by atoms with van der Waals surface area (Å²) in [5, 5.41) is -0.239. The fourth-order valence-corrected chi connectivity index (χ4v) is 1.49. The highest BCUT2D eigenvalue weighted by Crippen LogP contribution is 2.25. The van der Waals surface area contributed by atoms with E-state index in [1.54, 1.807) is 31.3 Å². The molecule has 0 aliphatic carbocycles. The Kier molecular flexibility index (Phi) is 7.15. The molecular formula is C12H12Cl3N3O3S. The van der Waals surface area contributed by atoms with E-state index >= 15 is 0 Å². The number of benzene rings is 1. The van der Waals surface area contributed by atoms with E-state index in [1.807, 2.05) is 11.5 Å². The summed E-state index contributed by atoms with van der Waals surface area (Å²) in [5.74, 6) is -1.26. The number of hydrazine groups is 1. The van der Waals surface area contributed by atoms with E-state index in [1.165, 1.54) is 4.90 Å². The molecule has 0 saturated carbocycles. The molecule has 6 nitrogen and oxygen atoms in total. The van der Waals surface area contributed by atoms with Crippen molar-refractivity contribution in [3.05, 3.63) is 30.3 Å². The molecular weight excluding hydrogens is 373 g/mol. The van der Waals surface area contributed by atoms with Crippen LogP contribution in [0.2, 0.25) is 0 Å². The first-order valence-electron chi connectivity index (χ1n) is 5.83. The topological polar surface area (TPSA) is 70.7 Å². The van der Waals surface area contributed by atoms with Gasteiger partial charge in [-0.05, 0) is 24.4 Å². The summed E-state index contributed by atoms with van der Waals surface area (Å²) in [5.41, 5.74) is 4.95. The number of amides is 2. The zero-order chi connectivity index (χ0) is 16.8.